The molecular formula is C13H27N3O2. The minimum absolute atomic E-state index is 0.00586. The van der Waals surface area contributed by atoms with Gasteiger partial charge in [0, 0.05) is 45.4 Å². The predicted octanol–water partition coefficient (Wildman–Crippen LogP) is 0.293. The van der Waals surface area contributed by atoms with Crippen LogP contribution < -0.4 is 5.73 Å². The van der Waals surface area contributed by atoms with Crippen LogP contribution in [-0.2, 0) is 9.53 Å². The number of nitrogens with zero attached hydrogens (tertiary/aromatic N) is 2. The number of hydrogen-bond donors (Lipinski definition) is 1. The molecule has 1 amide bonds. The highest BCUT2D eigenvalue weighted by Crippen LogP contribution is 2.18. The minimum Gasteiger partial charge on any atom is -0.369 e. The molecule has 5 nitrogen and oxygen atoms in total. The Hall–Kier alpha value is -0.650. The van der Waals surface area contributed by atoms with E-state index >= 15 is 0 Å². The van der Waals surface area contributed by atoms with Crippen molar-refractivity contribution in [2.45, 2.75) is 38.8 Å². The third-order valence-electron chi connectivity index (χ3n) is 3.95. The average Bonchev–Trinajstić information content (AvgIpc) is 2.38. The van der Waals surface area contributed by atoms with Crippen molar-refractivity contribution in [1.82, 2.24) is 9.80 Å². The summed E-state index contributed by atoms with van der Waals surface area (Å²) in [5.41, 5.74) is 5.06. The molecule has 1 heterocycles. The van der Waals surface area contributed by atoms with Gasteiger partial charge in [-0.3, -0.25) is 9.69 Å². The minimum atomic E-state index is -0.731. The van der Waals surface area contributed by atoms with Crippen molar-refractivity contribution in [3.8, 4) is 0 Å². The fourth-order valence-electron chi connectivity index (χ4n) is 2.11. The number of rotatable bonds is 4. The number of carbonyl (C=O) groups excluding carboxylic acids is 1. The lowest BCUT2D eigenvalue weighted by molar-refractivity contribution is -0.153. The summed E-state index contributed by atoms with van der Waals surface area (Å²) in [7, 11) is 1.58. The Morgan fingerprint density at radius 2 is 1.67 bits per heavy atom. The highest BCUT2D eigenvalue weighted by molar-refractivity contribution is 5.84. The molecule has 0 aromatic rings. The Kier molecular flexibility index (Phi) is 4.75. The van der Waals surface area contributed by atoms with Crippen molar-refractivity contribution in [3.05, 3.63) is 0 Å². The summed E-state index contributed by atoms with van der Waals surface area (Å²) in [6.45, 7) is 11.8. The first-order valence-electron chi connectivity index (χ1n) is 6.54. The van der Waals surface area contributed by atoms with Crippen LogP contribution in [0.5, 0.6) is 0 Å². The molecule has 1 fully saturated rings. The van der Waals surface area contributed by atoms with Gasteiger partial charge < -0.3 is 15.4 Å². The van der Waals surface area contributed by atoms with Crippen molar-refractivity contribution < 1.29 is 9.53 Å². The van der Waals surface area contributed by atoms with Gasteiger partial charge in [-0.25, -0.2) is 0 Å². The number of nitrogens with two attached hydrogens (primary N) is 1. The number of piperazine rings is 1. The molecule has 0 saturated carbocycles. The van der Waals surface area contributed by atoms with Crippen LogP contribution in [0.3, 0.4) is 0 Å². The highest BCUT2D eigenvalue weighted by Gasteiger charge is 2.35. The number of carbonyl (C=O) groups is 1. The Balaban J connectivity index is 2.57. The molecule has 0 aliphatic carbocycles. The maximum Gasteiger partial charge on any atom is 0.254 e. The van der Waals surface area contributed by atoms with Crippen LogP contribution in [0.4, 0.5) is 0 Å². The first-order chi connectivity index (χ1) is 8.24. The van der Waals surface area contributed by atoms with E-state index in [4.69, 9.17) is 10.5 Å². The van der Waals surface area contributed by atoms with E-state index in [9.17, 15) is 4.79 Å². The molecule has 0 bridgehead atoms. The second kappa shape index (κ2) is 5.55. The molecule has 0 unspecified atom stereocenters. The van der Waals surface area contributed by atoms with Crippen LogP contribution in [0.2, 0.25) is 0 Å². The molecule has 5 heteroatoms. The van der Waals surface area contributed by atoms with E-state index in [0.717, 1.165) is 26.2 Å². The van der Waals surface area contributed by atoms with Crippen molar-refractivity contribution in [2.24, 2.45) is 5.73 Å². The Morgan fingerprint density at radius 1 is 1.17 bits per heavy atom. The molecule has 2 N–H and O–H groups in total. The SMILES string of the molecule is COC(C)(C)C(=O)N1CCN(C(C)(C)CN)CC1. The van der Waals surface area contributed by atoms with Gasteiger partial charge in [-0.15, -0.1) is 0 Å². The van der Waals surface area contributed by atoms with E-state index in [-0.39, 0.29) is 11.4 Å². The molecule has 0 spiro atoms. The molecule has 0 atom stereocenters. The molecule has 18 heavy (non-hydrogen) atoms. The van der Waals surface area contributed by atoms with Gasteiger partial charge in [0.2, 0.25) is 0 Å². The topological polar surface area (TPSA) is 58.8 Å². The summed E-state index contributed by atoms with van der Waals surface area (Å²) in [5.74, 6) is 0.0650. The maximum atomic E-state index is 12.2. The zero-order chi connectivity index (χ0) is 14.0. The standard InChI is InChI=1S/C13H27N3O2/c1-12(2,10-14)16-8-6-15(7-9-16)11(17)13(3,4)18-5/h6-10,14H2,1-5H3. The summed E-state index contributed by atoms with van der Waals surface area (Å²) >= 11 is 0. The van der Waals surface area contributed by atoms with Gasteiger partial charge in [0.15, 0.2) is 0 Å². The fraction of sp³-hybridized carbons (Fsp3) is 0.923. The van der Waals surface area contributed by atoms with Gasteiger partial charge in [-0.2, -0.15) is 0 Å². The predicted molar refractivity (Wildman–Crippen MR) is 72.4 cm³/mol. The highest BCUT2D eigenvalue weighted by atomic mass is 16.5. The monoisotopic (exact) mass is 257 g/mol. The van der Waals surface area contributed by atoms with Gasteiger partial charge in [0.05, 0.1) is 0 Å². The van der Waals surface area contributed by atoms with Crippen LogP contribution in [0, 0.1) is 0 Å². The molecule has 1 aliphatic rings. The van der Waals surface area contributed by atoms with Crippen molar-refractivity contribution in [1.29, 1.82) is 0 Å². The molecule has 0 radical (unpaired) electrons. The first kappa shape index (κ1) is 15.4. The van der Waals surface area contributed by atoms with E-state index in [2.05, 4.69) is 18.7 Å². The van der Waals surface area contributed by atoms with E-state index in [1.54, 1.807) is 7.11 Å². The largest absolute Gasteiger partial charge is 0.369 e. The van der Waals surface area contributed by atoms with Crippen LogP contribution >= 0.6 is 0 Å². The van der Waals surface area contributed by atoms with Crippen LogP contribution in [-0.4, -0.2) is 66.7 Å². The van der Waals surface area contributed by atoms with E-state index in [1.165, 1.54) is 0 Å². The van der Waals surface area contributed by atoms with Crippen molar-refractivity contribution in [2.75, 3.05) is 39.8 Å². The molecule has 0 aromatic carbocycles. The van der Waals surface area contributed by atoms with Gasteiger partial charge in [-0.1, -0.05) is 0 Å². The summed E-state index contributed by atoms with van der Waals surface area (Å²) < 4.78 is 5.24. The molecular weight excluding hydrogens is 230 g/mol. The van der Waals surface area contributed by atoms with E-state index in [1.807, 2.05) is 18.7 Å². The zero-order valence-electron chi connectivity index (χ0n) is 12.3. The summed E-state index contributed by atoms with van der Waals surface area (Å²) in [5, 5.41) is 0. The average molecular weight is 257 g/mol. The van der Waals surface area contributed by atoms with Gasteiger partial charge in [0.25, 0.3) is 5.91 Å². The van der Waals surface area contributed by atoms with Crippen LogP contribution in [0.15, 0.2) is 0 Å². The summed E-state index contributed by atoms with van der Waals surface area (Å²) in [6.07, 6.45) is 0. The van der Waals surface area contributed by atoms with Gasteiger partial charge in [-0.05, 0) is 27.7 Å². The molecule has 106 valence electrons. The lowest BCUT2D eigenvalue weighted by Gasteiger charge is -2.44. The summed E-state index contributed by atoms with van der Waals surface area (Å²) in [6, 6.07) is 0. The smallest absolute Gasteiger partial charge is 0.254 e. The molecule has 0 aromatic heterocycles. The fourth-order valence-corrected chi connectivity index (χ4v) is 2.11. The first-order valence-corrected chi connectivity index (χ1v) is 6.54. The second-order valence-electron chi connectivity index (χ2n) is 6.01. The normalized spacial score (nSPS) is 19.1. The maximum absolute atomic E-state index is 12.2. The van der Waals surface area contributed by atoms with E-state index < -0.39 is 5.60 Å². The molecule has 1 rings (SSSR count). The molecule has 1 aliphatic heterocycles. The summed E-state index contributed by atoms with van der Waals surface area (Å²) in [4.78, 5) is 16.5. The zero-order valence-corrected chi connectivity index (χ0v) is 12.3. The van der Waals surface area contributed by atoms with Crippen molar-refractivity contribution in [3.63, 3.8) is 0 Å². The number of amides is 1. The third-order valence-corrected chi connectivity index (χ3v) is 3.95. The number of hydrogen-bond acceptors (Lipinski definition) is 4. The molecule has 1 saturated heterocycles. The van der Waals surface area contributed by atoms with Crippen LogP contribution in [0.25, 0.3) is 0 Å². The Bertz CT molecular complexity index is 295. The Labute approximate surface area is 110 Å². The lowest BCUT2D eigenvalue weighted by Crippen LogP contribution is -2.60. The third kappa shape index (κ3) is 3.22. The van der Waals surface area contributed by atoms with Gasteiger partial charge in [0.1, 0.15) is 5.60 Å². The Morgan fingerprint density at radius 3 is 2.06 bits per heavy atom. The second-order valence-corrected chi connectivity index (χ2v) is 6.01. The quantitative estimate of drug-likeness (QED) is 0.786. The van der Waals surface area contributed by atoms with Crippen LogP contribution in [0.1, 0.15) is 27.7 Å². The van der Waals surface area contributed by atoms with E-state index in [0.29, 0.717) is 6.54 Å². The lowest BCUT2D eigenvalue weighted by atomic mass is 10.0. The number of ether oxygens (including phenoxy) is 1. The van der Waals surface area contributed by atoms with Gasteiger partial charge >= 0.3 is 0 Å². The number of methoxy groups -OCH3 is 1. The van der Waals surface area contributed by atoms with Crippen molar-refractivity contribution >= 4 is 5.91 Å².